The van der Waals surface area contributed by atoms with Crippen LogP contribution >= 0.6 is 0 Å². The lowest BCUT2D eigenvalue weighted by atomic mass is 9.96. The predicted octanol–water partition coefficient (Wildman–Crippen LogP) is 2.13. The lowest BCUT2D eigenvalue weighted by molar-refractivity contribution is -0.120. The van der Waals surface area contributed by atoms with E-state index in [1.54, 1.807) is 18.2 Å². The fourth-order valence-electron chi connectivity index (χ4n) is 1.98. The number of nitrogens with two attached hydrogens (primary N) is 1. The zero-order chi connectivity index (χ0) is 15.1. The maximum atomic E-state index is 12.2. The first-order valence-corrected chi connectivity index (χ1v) is 6.60. The number of carbonyl (C=O) groups excluding carboxylic acids is 1. The topological polar surface area (TPSA) is 88.1 Å². The van der Waals surface area contributed by atoms with E-state index in [4.69, 9.17) is 15.7 Å². The Labute approximate surface area is 119 Å². The molecule has 1 amide bonds. The molecule has 5 heteroatoms. The molecule has 0 fully saturated rings. The molecule has 0 spiro atoms. The zero-order valence-corrected chi connectivity index (χ0v) is 12.1. The maximum Gasteiger partial charge on any atom is 0.228 e. The molecule has 5 nitrogen and oxygen atoms in total. The second kappa shape index (κ2) is 7.51. The Balaban J connectivity index is 2.87. The smallest absolute Gasteiger partial charge is 0.228 e. The molecule has 108 valence electrons. The van der Waals surface area contributed by atoms with Crippen LogP contribution in [0.3, 0.4) is 0 Å². The van der Waals surface area contributed by atoms with Crippen molar-refractivity contribution in [2.75, 3.05) is 19.0 Å². The highest BCUT2D eigenvalue weighted by Crippen LogP contribution is 2.26. The number of rotatable bonds is 6. The molecule has 1 rings (SSSR count). The molecule has 1 aromatic carbocycles. The van der Waals surface area contributed by atoms with Gasteiger partial charge in [-0.2, -0.15) is 5.26 Å². The van der Waals surface area contributed by atoms with Crippen molar-refractivity contribution >= 4 is 11.6 Å². The van der Waals surface area contributed by atoms with E-state index in [0.29, 0.717) is 29.5 Å². The molecule has 0 aliphatic carbocycles. The van der Waals surface area contributed by atoms with E-state index in [1.165, 1.54) is 7.11 Å². The van der Waals surface area contributed by atoms with Crippen LogP contribution in [0.25, 0.3) is 0 Å². The number of anilines is 1. The van der Waals surface area contributed by atoms with Gasteiger partial charge in [-0.25, -0.2) is 0 Å². The largest absolute Gasteiger partial charge is 0.495 e. The van der Waals surface area contributed by atoms with Crippen LogP contribution in [0.1, 0.15) is 25.8 Å². The molecule has 0 radical (unpaired) electrons. The van der Waals surface area contributed by atoms with Crippen LogP contribution in [-0.2, 0) is 4.79 Å². The van der Waals surface area contributed by atoms with Crippen molar-refractivity contribution in [2.24, 2.45) is 17.6 Å². The molecule has 1 atom stereocenters. The summed E-state index contributed by atoms with van der Waals surface area (Å²) >= 11 is 0. The van der Waals surface area contributed by atoms with E-state index in [1.807, 2.05) is 6.07 Å². The number of methoxy groups -OCH3 is 1. The van der Waals surface area contributed by atoms with Gasteiger partial charge in [-0.15, -0.1) is 0 Å². The van der Waals surface area contributed by atoms with Gasteiger partial charge < -0.3 is 15.8 Å². The van der Waals surface area contributed by atoms with E-state index in [2.05, 4.69) is 19.2 Å². The Morgan fingerprint density at radius 1 is 1.50 bits per heavy atom. The lowest BCUT2D eigenvalue weighted by Crippen LogP contribution is -2.30. The number of carbonyl (C=O) groups is 1. The molecule has 0 heterocycles. The normalized spacial score (nSPS) is 11.8. The highest BCUT2D eigenvalue weighted by molar-refractivity contribution is 5.94. The first-order chi connectivity index (χ1) is 9.51. The van der Waals surface area contributed by atoms with Gasteiger partial charge in [-0.1, -0.05) is 13.8 Å². The van der Waals surface area contributed by atoms with E-state index in [0.717, 1.165) is 6.42 Å². The van der Waals surface area contributed by atoms with E-state index >= 15 is 0 Å². The van der Waals surface area contributed by atoms with Gasteiger partial charge >= 0.3 is 0 Å². The Kier molecular flexibility index (Phi) is 6.01. The summed E-state index contributed by atoms with van der Waals surface area (Å²) in [6.07, 6.45) is 0.737. The van der Waals surface area contributed by atoms with E-state index < -0.39 is 0 Å². The molecule has 0 aliphatic rings. The Morgan fingerprint density at radius 3 is 2.70 bits per heavy atom. The van der Waals surface area contributed by atoms with Crippen molar-refractivity contribution in [3.05, 3.63) is 23.8 Å². The number of ether oxygens (including phenoxy) is 1. The molecule has 20 heavy (non-hydrogen) atoms. The van der Waals surface area contributed by atoms with Crippen LogP contribution in [0.5, 0.6) is 5.75 Å². The third-order valence-corrected chi connectivity index (χ3v) is 3.00. The molecular formula is C15H21N3O2. The average molecular weight is 275 g/mol. The molecule has 1 unspecified atom stereocenters. The van der Waals surface area contributed by atoms with E-state index in [9.17, 15) is 4.79 Å². The highest BCUT2D eigenvalue weighted by atomic mass is 16.5. The summed E-state index contributed by atoms with van der Waals surface area (Å²) in [6, 6.07) is 6.92. The van der Waals surface area contributed by atoms with Gasteiger partial charge in [0.1, 0.15) is 5.75 Å². The number of hydrogen-bond donors (Lipinski definition) is 2. The van der Waals surface area contributed by atoms with Crippen molar-refractivity contribution in [1.29, 1.82) is 5.26 Å². The quantitative estimate of drug-likeness (QED) is 0.832. The second-order valence-electron chi connectivity index (χ2n) is 5.08. The van der Waals surface area contributed by atoms with Gasteiger partial charge in [0.15, 0.2) is 0 Å². The van der Waals surface area contributed by atoms with Gasteiger partial charge in [0.25, 0.3) is 0 Å². The fraction of sp³-hybridized carbons (Fsp3) is 0.467. The SMILES string of the molecule is COc1cc(C#N)ccc1NC(=O)C(CN)CC(C)C. The van der Waals surface area contributed by atoms with Crippen molar-refractivity contribution in [1.82, 2.24) is 0 Å². The number of hydrogen-bond acceptors (Lipinski definition) is 4. The van der Waals surface area contributed by atoms with Crippen molar-refractivity contribution in [3.8, 4) is 11.8 Å². The maximum absolute atomic E-state index is 12.2. The van der Waals surface area contributed by atoms with Crippen molar-refractivity contribution in [3.63, 3.8) is 0 Å². The Morgan fingerprint density at radius 2 is 2.20 bits per heavy atom. The van der Waals surface area contributed by atoms with E-state index in [-0.39, 0.29) is 11.8 Å². The van der Waals surface area contributed by atoms with Gasteiger partial charge in [0.2, 0.25) is 5.91 Å². The Bertz CT molecular complexity index is 506. The molecule has 1 aromatic rings. The first-order valence-electron chi connectivity index (χ1n) is 6.60. The number of nitrogens with zero attached hydrogens (tertiary/aromatic N) is 1. The van der Waals surface area contributed by atoms with Gasteiger partial charge in [-0.05, 0) is 24.5 Å². The van der Waals surface area contributed by atoms with Gasteiger partial charge in [-0.3, -0.25) is 4.79 Å². The zero-order valence-electron chi connectivity index (χ0n) is 12.1. The number of nitriles is 1. The minimum atomic E-state index is -0.227. The highest BCUT2D eigenvalue weighted by Gasteiger charge is 2.19. The summed E-state index contributed by atoms with van der Waals surface area (Å²) in [7, 11) is 1.50. The summed E-state index contributed by atoms with van der Waals surface area (Å²) in [5.41, 5.74) is 6.69. The summed E-state index contributed by atoms with van der Waals surface area (Å²) in [5, 5.41) is 11.7. The second-order valence-corrected chi connectivity index (χ2v) is 5.08. The lowest BCUT2D eigenvalue weighted by Gasteiger charge is -2.18. The van der Waals surface area contributed by atoms with Crippen LogP contribution in [0.2, 0.25) is 0 Å². The molecule has 0 bridgehead atoms. The van der Waals surface area contributed by atoms with Crippen LogP contribution in [0, 0.1) is 23.2 Å². The summed E-state index contributed by atoms with van der Waals surface area (Å²) < 4.78 is 5.19. The van der Waals surface area contributed by atoms with Crippen molar-refractivity contribution in [2.45, 2.75) is 20.3 Å². The minimum absolute atomic E-state index is 0.121. The van der Waals surface area contributed by atoms with Crippen LogP contribution in [0.4, 0.5) is 5.69 Å². The third kappa shape index (κ3) is 4.25. The van der Waals surface area contributed by atoms with Gasteiger partial charge in [0, 0.05) is 12.6 Å². The number of benzene rings is 1. The molecule has 0 aromatic heterocycles. The minimum Gasteiger partial charge on any atom is -0.495 e. The van der Waals surface area contributed by atoms with Crippen LogP contribution < -0.4 is 15.8 Å². The molecule has 0 aliphatic heterocycles. The molecule has 0 saturated heterocycles. The van der Waals surface area contributed by atoms with Crippen LogP contribution in [0.15, 0.2) is 18.2 Å². The predicted molar refractivity (Wildman–Crippen MR) is 78.3 cm³/mol. The van der Waals surface area contributed by atoms with Crippen LogP contribution in [-0.4, -0.2) is 19.6 Å². The Hall–Kier alpha value is -2.06. The molecular weight excluding hydrogens is 254 g/mol. The standard InChI is InChI=1S/C15H21N3O2/c1-10(2)6-12(9-17)15(19)18-13-5-4-11(8-16)7-14(13)20-3/h4-5,7,10,12H,6,9,17H2,1-3H3,(H,18,19). The summed E-state index contributed by atoms with van der Waals surface area (Å²) in [5.74, 6) is 0.523. The number of amides is 1. The first kappa shape index (κ1) is 16.0. The molecule has 3 N–H and O–H groups in total. The summed E-state index contributed by atoms with van der Waals surface area (Å²) in [4.78, 5) is 12.2. The average Bonchev–Trinajstić information content (AvgIpc) is 2.44. The molecule has 0 saturated carbocycles. The number of nitrogens with one attached hydrogen (secondary N) is 1. The third-order valence-electron chi connectivity index (χ3n) is 3.00. The summed E-state index contributed by atoms with van der Waals surface area (Å²) in [6.45, 7) is 4.42. The fourth-order valence-corrected chi connectivity index (χ4v) is 1.98. The van der Waals surface area contributed by atoms with Crippen molar-refractivity contribution < 1.29 is 9.53 Å². The monoisotopic (exact) mass is 275 g/mol. The van der Waals surface area contributed by atoms with Gasteiger partial charge in [0.05, 0.1) is 30.3 Å².